The van der Waals surface area contributed by atoms with Crippen molar-refractivity contribution in [1.29, 1.82) is 0 Å². The Morgan fingerprint density at radius 3 is 2.57 bits per heavy atom. The molecule has 0 N–H and O–H groups in total. The molecule has 0 unspecified atom stereocenters. The van der Waals surface area contributed by atoms with Crippen LogP contribution in [-0.4, -0.2) is 29.7 Å². The summed E-state index contributed by atoms with van der Waals surface area (Å²) >= 11 is 0. The molecule has 2 heterocycles. The largest absolute Gasteiger partial charge is 0.444 e. The minimum Gasteiger partial charge on any atom is -0.444 e. The fourth-order valence-corrected chi connectivity index (χ4v) is 3.17. The molecule has 0 atom stereocenters. The number of amides is 1. The second kappa shape index (κ2) is 5.02. The lowest BCUT2D eigenvalue weighted by atomic mass is 9.84. The molecule has 0 aromatic heterocycles. The number of rotatable bonds is 0. The van der Waals surface area contributed by atoms with Crippen molar-refractivity contribution >= 4 is 6.09 Å². The van der Waals surface area contributed by atoms with Crippen LogP contribution in [-0.2, 0) is 21.7 Å². The van der Waals surface area contributed by atoms with E-state index < -0.39 is 5.60 Å². The zero-order chi connectivity index (χ0) is 15.1. The van der Waals surface area contributed by atoms with Crippen molar-refractivity contribution in [2.45, 2.75) is 51.4 Å². The lowest BCUT2D eigenvalue weighted by Gasteiger charge is -2.39. The Bertz CT molecular complexity index is 539. The second-order valence-electron chi connectivity index (χ2n) is 6.91. The van der Waals surface area contributed by atoms with Crippen LogP contribution in [0.2, 0.25) is 0 Å². The van der Waals surface area contributed by atoms with Crippen molar-refractivity contribution < 1.29 is 14.3 Å². The maximum atomic E-state index is 12.1. The molecule has 1 saturated heterocycles. The van der Waals surface area contributed by atoms with Gasteiger partial charge in [0, 0.05) is 13.1 Å². The first-order chi connectivity index (χ1) is 9.90. The van der Waals surface area contributed by atoms with Gasteiger partial charge in [-0.25, -0.2) is 4.79 Å². The molecular weight excluding hydrogens is 266 g/mol. The zero-order valence-corrected chi connectivity index (χ0v) is 13.0. The number of hydrogen-bond donors (Lipinski definition) is 0. The molecule has 0 aliphatic carbocycles. The van der Waals surface area contributed by atoms with Crippen molar-refractivity contribution in [1.82, 2.24) is 4.90 Å². The monoisotopic (exact) mass is 289 g/mol. The zero-order valence-electron chi connectivity index (χ0n) is 13.0. The van der Waals surface area contributed by atoms with E-state index in [9.17, 15) is 4.79 Å². The number of ether oxygens (including phenoxy) is 2. The Kier molecular flexibility index (Phi) is 3.44. The number of benzene rings is 1. The summed E-state index contributed by atoms with van der Waals surface area (Å²) in [4.78, 5) is 13.9. The first-order valence-corrected chi connectivity index (χ1v) is 7.60. The summed E-state index contributed by atoms with van der Waals surface area (Å²) in [6.07, 6.45) is 1.45. The number of hydrogen-bond acceptors (Lipinski definition) is 3. The molecule has 21 heavy (non-hydrogen) atoms. The lowest BCUT2D eigenvalue weighted by molar-refractivity contribution is -0.0797. The Hall–Kier alpha value is -1.55. The summed E-state index contributed by atoms with van der Waals surface area (Å²) in [7, 11) is 0. The van der Waals surface area contributed by atoms with Crippen LogP contribution in [0.25, 0.3) is 0 Å². The number of carbonyl (C=O) groups excluding carboxylic acids is 1. The van der Waals surface area contributed by atoms with Crippen LogP contribution >= 0.6 is 0 Å². The first kappa shape index (κ1) is 14.4. The van der Waals surface area contributed by atoms with Crippen molar-refractivity contribution in [2.24, 2.45) is 0 Å². The third-order valence-corrected chi connectivity index (χ3v) is 4.24. The number of piperidine rings is 1. The van der Waals surface area contributed by atoms with E-state index in [4.69, 9.17) is 9.47 Å². The minimum atomic E-state index is -0.442. The van der Waals surface area contributed by atoms with Crippen LogP contribution in [0.1, 0.15) is 44.7 Å². The highest BCUT2D eigenvalue weighted by Gasteiger charge is 2.43. The van der Waals surface area contributed by atoms with E-state index in [1.54, 1.807) is 4.90 Å². The maximum absolute atomic E-state index is 12.1. The lowest BCUT2D eigenvalue weighted by Crippen LogP contribution is -2.46. The molecule has 1 fully saturated rings. The minimum absolute atomic E-state index is 0.199. The topological polar surface area (TPSA) is 38.8 Å². The summed E-state index contributed by atoms with van der Waals surface area (Å²) in [5, 5.41) is 0. The van der Waals surface area contributed by atoms with E-state index >= 15 is 0 Å². The van der Waals surface area contributed by atoms with Gasteiger partial charge in [0.25, 0.3) is 0 Å². The molecule has 1 spiro atoms. The quantitative estimate of drug-likeness (QED) is 0.734. The van der Waals surface area contributed by atoms with Gasteiger partial charge >= 0.3 is 6.09 Å². The Morgan fingerprint density at radius 1 is 1.24 bits per heavy atom. The molecule has 1 amide bonds. The van der Waals surface area contributed by atoms with E-state index in [1.165, 1.54) is 11.1 Å². The van der Waals surface area contributed by atoms with E-state index in [1.807, 2.05) is 20.8 Å². The van der Waals surface area contributed by atoms with E-state index in [2.05, 4.69) is 24.3 Å². The standard InChI is InChI=1S/C17H23NO3/c1-16(2,3)21-15(19)18-10-8-17(9-11-18)14-7-5-4-6-13(14)12-20-17/h4-7H,8-12H2,1-3H3. The van der Waals surface area contributed by atoms with Gasteiger partial charge in [-0.3, -0.25) is 0 Å². The van der Waals surface area contributed by atoms with Crippen LogP contribution in [0.3, 0.4) is 0 Å². The van der Waals surface area contributed by atoms with Gasteiger partial charge in [-0.1, -0.05) is 24.3 Å². The van der Waals surface area contributed by atoms with Gasteiger partial charge in [-0.05, 0) is 44.7 Å². The Morgan fingerprint density at radius 2 is 1.90 bits per heavy atom. The van der Waals surface area contributed by atoms with Crippen LogP contribution in [0.5, 0.6) is 0 Å². The molecule has 0 bridgehead atoms. The average molecular weight is 289 g/mol. The number of fused-ring (bicyclic) bond motifs is 2. The van der Waals surface area contributed by atoms with Gasteiger partial charge in [0.05, 0.1) is 12.2 Å². The summed E-state index contributed by atoms with van der Waals surface area (Å²) in [6, 6.07) is 8.41. The second-order valence-corrected chi connectivity index (χ2v) is 6.91. The highest BCUT2D eigenvalue weighted by atomic mass is 16.6. The molecular formula is C17H23NO3. The molecule has 114 valence electrons. The molecule has 4 heteroatoms. The van der Waals surface area contributed by atoms with Crippen molar-refractivity contribution in [3.63, 3.8) is 0 Å². The van der Waals surface area contributed by atoms with Crippen LogP contribution in [0.15, 0.2) is 24.3 Å². The fraction of sp³-hybridized carbons (Fsp3) is 0.588. The summed E-state index contributed by atoms with van der Waals surface area (Å²) in [6.45, 7) is 7.74. The Labute approximate surface area is 126 Å². The molecule has 2 aliphatic heterocycles. The molecule has 2 aliphatic rings. The Balaban J connectivity index is 1.68. The van der Waals surface area contributed by atoms with Crippen molar-refractivity contribution in [3.8, 4) is 0 Å². The summed E-state index contributed by atoms with van der Waals surface area (Å²) < 4.78 is 11.5. The van der Waals surface area contributed by atoms with Crippen molar-refractivity contribution in [2.75, 3.05) is 13.1 Å². The third-order valence-electron chi connectivity index (χ3n) is 4.24. The predicted molar refractivity (Wildman–Crippen MR) is 80.0 cm³/mol. The normalized spacial score (nSPS) is 20.4. The highest BCUT2D eigenvalue weighted by Crippen LogP contribution is 2.44. The van der Waals surface area contributed by atoms with Gasteiger partial charge in [-0.15, -0.1) is 0 Å². The summed E-state index contributed by atoms with van der Waals surface area (Å²) in [5.74, 6) is 0. The van der Waals surface area contributed by atoms with E-state index in [-0.39, 0.29) is 11.7 Å². The third kappa shape index (κ3) is 2.77. The molecule has 4 nitrogen and oxygen atoms in total. The molecule has 1 aromatic carbocycles. The fourth-order valence-electron chi connectivity index (χ4n) is 3.17. The molecule has 1 aromatic rings. The van der Waals surface area contributed by atoms with Crippen LogP contribution in [0.4, 0.5) is 4.79 Å². The first-order valence-electron chi connectivity index (χ1n) is 7.60. The van der Waals surface area contributed by atoms with E-state index in [0.717, 1.165) is 12.8 Å². The number of likely N-dealkylation sites (tertiary alicyclic amines) is 1. The summed E-state index contributed by atoms with van der Waals surface area (Å²) in [5.41, 5.74) is 1.94. The van der Waals surface area contributed by atoms with Gasteiger partial charge in [0.1, 0.15) is 5.60 Å². The molecule has 0 radical (unpaired) electrons. The average Bonchev–Trinajstić information content (AvgIpc) is 2.77. The van der Waals surface area contributed by atoms with Crippen LogP contribution < -0.4 is 0 Å². The van der Waals surface area contributed by atoms with Gasteiger partial charge in [-0.2, -0.15) is 0 Å². The van der Waals surface area contributed by atoms with Gasteiger partial charge in [0.2, 0.25) is 0 Å². The van der Waals surface area contributed by atoms with Gasteiger partial charge < -0.3 is 14.4 Å². The highest BCUT2D eigenvalue weighted by molar-refractivity contribution is 5.68. The smallest absolute Gasteiger partial charge is 0.410 e. The molecule has 0 saturated carbocycles. The number of carbonyl (C=O) groups is 1. The van der Waals surface area contributed by atoms with Crippen LogP contribution in [0, 0.1) is 0 Å². The van der Waals surface area contributed by atoms with Crippen molar-refractivity contribution in [3.05, 3.63) is 35.4 Å². The number of nitrogens with zero attached hydrogens (tertiary/aromatic N) is 1. The van der Waals surface area contributed by atoms with E-state index in [0.29, 0.717) is 19.7 Å². The molecule has 3 rings (SSSR count). The predicted octanol–water partition coefficient (Wildman–Crippen LogP) is 3.44. The van der Waals surface area contributed by atoms with Gasteiger partial charge in [0.15, 0.2) is 0 Å². The maximum Gasteiger partial charge on any atom is 0.410 e. The SMILES string of the molecule is CC(C)(C)OC(=O)N1CCC2(CC1)OCc1ccccc12.